The molecule has 0 aromatic heterocycles. The second-order valence-corrected chi connectivity index (χ2v) is 5.31. The summed E-state index contributed by atoms with van der Waals surface area (Å²) in [6.07, 6.45) is 0. The van der Waals surface area contributed by atoms with Crippen molar-refractivity contribution in [1.82, 2.24) is 0 Å². The number of aryl methyl sites for hydroxylation is 1. The molecule has 0 bridgehead atoms. The van der Waals surface area contributed by atoms with Crippen molar-refractivity contribution in [3.8, 4) is 0 Å². The fourth-order valence-corrected chi connectivity index (χ4v) is 3.23. The van der Waals surface area contributed by atoms with Crippen LogP contribution in [-0.2, 0) is 0 Å². The molecule has 0 amide bonds. The van der Waals surface area contributed by atoms with Crippen LogP contribution in [0.15, 0.2) is 60.7 Å². The van der Waals surface area contributed by atoms with Crippen LogP contribution in [0.1, 0.15) is 5.56 Å². The molecule has 4 aromatic rings. The van der Waals surface area contributed by atoms with Crippen LogP contribution in [0.3, 0.4) is 0 Å². The fourth-order valence-electron chi connectivity index (χ4n) is 3.23. The van der Waals surface area contributed by atoms with E-state index < -0.39 is 0 Å². The molecule has 0 aliphatic rings. The first kappa shape index (κ1) is 11.3. The lowest BCUT2D eigenvalue weighted by Crippen LogP contribution is -1.92. The molecular formula is C19H15N. The summed E-state index contributed by atoms with van der Waals surface area (Å²) < 4.78 is 0. The summed E-state index contributed by atoms with van der Waals surface area (Å²) in [5.74, 6) is 0. The van der Waals surface area contributed by atoms with Gasteiger partial charge < -0.3 is 5.73 Å². The summed E-state index contributed by atoms with van der Waals surface area (Å²) in [5.41, 5.74) is 8.41. The van der Waals surface area contributed by atoms with Gasteiger partial charge >= 0.3 is 0 Å². The lowest BCUT2D eigenvalue weighted by molar-refractivity contribution is 1.55. The summed E-state index contributed by atoms with van der Waals surface area (Å²) in [6, 6.07) is 21.2. The second kappa shape index (κ2) is 3.97. The molecule has 20 heavy (non-hydrogen) atoms. The van der Waals surface area contributed by atoms with Gasteiger partial charge in [-0.15, -0.1) is 0 Å². The largest absolute Gasteiger partial charge is 0.398 e. The van der Waals surface area contributed by atoms with Crippen LogP contribution >= 0.6 is 0 Å². The minimum Gasteiger partial charge on any atom is -0.398 e. The summed E-state index contributed by atoms with van der Waals surface area (Å²) >= 11 is 0. The van der Waals surface area contributed by atoms with Gasteiger partial charge in [-0.2, -0.15) is 0 Å². The molecule has 0 atom stereocenters. The highest BCUT2D eigenvalue weighted by Gasteiger charge is 2.11. The predicted octanol–water partition coefficient (Wildman–Crippen LogP) is 5.04. The lowest BCUT2D eigenvalue weighted by atomic mass is 9.91. The van der Waals surface area contributed by atoms with E-state index in [2.05, 4.69) is 61.5 Å². The SMILES string of the molecule is Cc1ccc(N)c2c3ccccc3c3ccccc3c12. The number of anilines is 1. The van der Waals surface area contributed by atoms with E-state index in [1.807, 2.05) is 6.07 Å². The van der Waals surface area contributed by atoms with Crippen molar-refractivity contribution in [2.45, 2.75) is 6.92 Å². The van der Waals surface area contributed by atoms with Gasteiger partial charge in [-0.3, -0.25) is 0 Å². The van der Waals surface area contributed by atoms with Crippen molar-refractivity contribution in [3.63, 3.8) is 0 Å². The third kappa shape index (κ3) is 1.38. The Balaban J connectivity index is 2.49. The first-order valence-corrected chi connectivity index (χ1v) is 6.85. The smallest absolute Gasteiger partial charge is 0.0400 e. The molecule has 4 rings (SSSR count). The maximum absolute atomic E-state index is 6.28. The van der Waals surface area contributed by atoms with Gasteiger partial charge in [-0.25, -0.2) is 0 Å². The maximum Gasteiger partial charge on any atom is 0.0400 e. The Morgan fingerprint density at radius 1 is 0.600 bits per heavy atom. The molecule has 0 radical (unpaired) electrons. The van der Waals surface area contributed by atoms with E-state index >= 15 is 0 Å². The predicted molar refractivity (Wildman–Crippen MR) is 88.1 cm³/mol. The Kier molecular flexibility index (Phi) is 2.25. The van der Waals surface area contributed by atoms with Gasteiger partial charge in [-0.1, -0.05) is 54.6 Å². The second-order valence-electron chi connectivity index (χ2n) is 5.31. The minimum atomic E-state index is 0.854. The first-order chi connectivity index (χ1) is 9.77. The van der Waals surface area contributed by atoms with E-state index in [4.69, 9.17) is 5.73 Å². The number of fused-ring (bicyclic) bond motifs is 6. The Labute approximate surface area is 117 Å². The van der Waals surface area contributed by atoms with Crippen LogP contribution in [-0.4, -0.2) is 0 Å². The van der Waals surface area contributed by atoms with Gasteiger partial charge in [-0.05, 0) is 45.5 Å². The van der Waals surface area contributed by atoms with Crippen molar-refractivity contribution >= 4 is 38.0 Å². The Hall–Kier alpha value is -2.54. The van der Waals surface area contributed by atoms with E-state index in [0.717, 1.165) is 5.69 Å². The zero-order valence-electron chi connectivity index (χ0n) is 11.4. The monoisotopic (exact) mass is 257 g/mol. The average Bonchev–Trinajstić information content (AvgIpc) is 2.50. The van der Waals surface area contributed by atoms with Crippen LogP contribution in [0.25, 0.3) is 32.3 Å². The zero-order valence-corrected chi connectivity index (χ0v) is 11.4. The van der Waals surface area contributed by atoms with Gasteiger partial charge in [0.15, 0.2) is 0 Å². The van der Waals surface area contributed by atoms with E-state index in [1.165, 1.54) is 37.9 Å². The van der Waals surface area contributed by atoms with Crippen molar-refractivity contribution in [2.24, 2.45) is 0 Å². The van der Waals surface area contributed by atoms with Gasteiger partial charge in [0.25, 0.3) is 0 Å². The van der Waals surface area contributed by atoms with Gasteiger partial charge in [0.05, 0.1) is 0 Å². The third-order valence-electron chi connectivity index (χ3n) is 4.13. The quantitative estimate of drug-likeness (QED) is 0.347. The highest BCUT2D eigenvalue weighted by Crippen LogP contribution is 2.38. The number of hydrogen-bond acceptors (Lipinski definition) is 1. The standard InChI is InChI=1S/C19H15N/c1-12-10-11-17(20)19-16-9-5-3-7-14(16)13-6-2-4-8-15(13)18(12)19/h2-11H,20H2,1H3. The molecule has 1 nitrogen and oxygen atoms in total. The van der Waals surface area contributed by atoms with E-state index in [0.29, 0.717) is 0 Å². The third-order valence-corrected chi connectivity index (χ3v) is 4.13. The van der Waals surface area contributed by atoms with Crippen molar-refractivity contribution in [3.05, 3.63) is 66.2 Å². The van der Waals surface area contributed by atoms with E-state index in [1.54, 1.807) is 0 Å². The molecule has 0 saturated carbocycles. The molecule has 96 valence electrons. The number of hydrogen-bond donors (Lipinski definition) is 1. The number of rotatable bonds is 0. The molecule has 4 aromatic carbocycles. The van der Waals surface area contributed by atoms with Crippen molar-refractivity contribution in [1.29, 1.82) is 0 Å². The van der Waals surface area contributed by atoms with Gasteiger partial charge in [0.1, 0.15) is 0 Å². The minimum absolute atomic E-state index is 0.854. The van der Waals surface area contributed by atoms with Crippen molar-refractivity contribution < 1.29 is 0 Å². The maximum atomic E-state index is 6.28. The highest BCUT2D eigenvalue weighted by atomic mass is 14.6. The molecule has 0 aliphatic heterocycles. The Bertz CT molecular complexity index is 887. The van der Waals surface area contributed by atoms with E-state index in [9.17, 15) is 0 Å². The van der Waals surface area contributed by atoms with Crippen LogP contribution in [0.2, 0.25) is 0 Å². The number of benzene rings is 4. The van der Waals surface area contributed by atoms with Gasteiger partial charge in [0, 0.05) is 11.1 Å². The van der Waals surface area contributed by atoms with Crippen LogP contribution in [0, 0.1) is 6.92 Å². The van der Waals surface area contributed by atoms with Crippen LogP contribution < -0.4 is 5.73 Å². The molecule has 0 heterocycles. The molecule has 0 spiro atoms. The Morgan fingerprint density at radius 3 is 1.70 bits per heavy atom. The number of nitrogens with two attached hydrogens (primary N) is 1. The normalized spacial score (nSPS) is 11.4. The van der Waals surface area contributed by atoms with Crippen molar-refractivity contribution in [2.75, 3.05) is 5.73 Å². The summed E-state index contributed by atoms with van der Waals surface area (Å²) in [6.45, 7) is 2.16. The summed E-state index contributed by atoms with van der Waals surface area (Å²) in [4.78, 5) is 0. The van der Waals surface area contributed by atoms with Crippen LogP contribution in [0.4, 0.5) is 5.69 Å². The van der Waals surface area contributed by atoms with E-state index in [-0.39, 0.29) is 0 Å². The average molecular weight is 257 g/mol. The highest BCUT2D eigenvalue weighted by molar-refractivity contribution is 6.28. The first-order valence-electron chi connectivity index (χ1n) is 6.85. The topological polar surface area (TPSA) is 26.0 Å². The fraction of sp³-hybridized carbons (Fsp3) is 0.0526. The lowest BCUT2D eigenvalue weighted by Gasteiger charge is -2.13. The molecule has 0 saturated heterocycles. The molecule has 0 aliphatic carbocycles. The molecule has 1 heteroatoms. The molecule has 0 fully saturated rings. The molecule has 2 N–H and O–H groups in total. The van der Waals surface area contributed by atoms with Gasteiger partial charge in [0.2, 0.25) is 0 Å². The zero-order chi connectivity index (χ0) is 13.7. The molecule has 0 unspecified atom stereocenters. The molecular weight excluding hydrogens is 242 g/mol. The summed E-state index contributed by atoms with van der Waals surface area (Å²) in [7, 11) is 0. The number of nitrogen functional groups attached to an aromatic ring is 1. The van der Waals surface area contributed by atoms with Crippen LogP contribution in [0.5, 0.6) is 0 Å². The summed E-state index contributed by atoms with van der Waals surface area (Å²) in [5, 5.41) is 7.55. The Morgan fingerprint density at radius 2 is 1.10 bits per heavy atom.